The van der Waals surface area contributed by atoms with Gasteiger partial charge >= 0.3 is 0 Å². The molecule has 0 saturated carbocycles. The molecule has 2 aromatic carbocycles. The molecule has 1 aliphatic heterocycles. The fraction of sp³-hybridized carbons (Fsp3) is 0.381. The Balaban J connectivity index is 1.48. The zero-order valence-corrected chi connectivity index (χ0v) is 15.3. The van der Waals surface area contributed by atoms with Crippen LogP contribution in [0.25, 0.3) is 0 Å². The number of carbonyl (C=O) groups excluding carboxylic acids is 1. The third kappa shape index (κ3) is 4.91. The minimum atomic E-state index is -0.336. The van der Waals surface area contributed by atoms with Crippen LogP contribution in [0.15, 0.2) is 48.5 Å². The number of anilines is 1. The summed E-state index contributed by atoms with van der Waals surface area (Å²) in [7, 11) is 0. The van der Waals surface area contributed by atoms with Gasteiger partial charge < -0.3 is 20.1 Å². The molecule has 0 fully saturated rings. The van der Waals surface area contributed by atoms with Gasteiger partial charge in [-0.25, -0.2) is 0 Å². The van der Waals surface area contributed by atoms with Gasteiger partial charge in [0.2, 0.25) is 5.91 Å². The number of fused-ring (bicyclic) bond motifs is 1. The molecule has 3 rings (SSSR count). The first kappa shape index (κ1) is 18.1. The number of carbonyl (C=O) groups is 1. The molecule has 26 heavy (non-hydrogen) atoms. The van der Waals surface area contributed by atoms with Crippen molar-refractivity contribution in [2.75, 3.05) is 18.5 Å². The lowest BCUT2D eigenvalue weighted by Gasteiger charge is -2.22. The van der Waals surface area contributed by atoms with Gasteiger partial charge in [0.05, 0.1) is 0 Å². The molecule has 1 heterocycles. The average Bonchev–Trinajstić information content (AvgIpc) is 2.67. The van der Waals surface area contributed by atoms with Crippen LogP contribution in [0.4, 0.5) is 5.69 Å². The van der Waals surface area contributed by atoms with Gasteiger partial charge in [-0.15, -0.1) is 0 Å². The molecule has 2 atom stereocenters. The number of nitrogens with one attached hydrogen (secondary N) is 2. The number of ether oxygens (including phenoxy) is 2. The second-order valence-electron chi connectivity index (χ2n) is 6.66. The van der Waals surface area contributed by atoms with E-state index in [4.69, 9.17) is 9.47 Å². The van der Waals surface area contributed by atoms with Crippen molar-refractivity contribution in [3.8, 4) is 11.5 Å². The van der Waals surface area contributed by atoms with Crippen molar-refractivity contribution in [1.82, 2.24) is 5.32 Å². The Morgan fingerprint density at radius 2 is 1.77 bits per heavy atom. The van der Waals surface area contributed by atoms with Gasteiger partial charge in [0.15, 0.2) is 11.5 Å². The molecular formula is C21H26N2O3. The minimum Gasteiger partial charge on any atom is -0.486 e. The normalized spacial score (nSPS) is 15.0. The molecule has 0 saturated heterocycles. The Bertz CT molecular complexity index is 733. The molecule has 1 amide bonds. The van der Waals surface area contributed by atoms with E-state index in [1.54, 1.807) is 0 Å². The van der Waals surface area contributed by atoms with Crippen molar-refractivity contribution >= 4 is 11.6 Å². The first-order valence-corrected chi connectivity index (χ1v) is 9.12. The summed E-state index contributed by atoms with van der Waals surface area (Å²) in [4.78, 5) is 12.4. The summed E-state index contributed by atoms with van der Waals surface area (Å²) in [6, 6.07) is 15.7. The second kappa shape index (κ2) is 8.61. The van der Waals surface area contributed by atoms with Crippen molar-refractivity contribution in [2.45, 2.75) is 38.8 Å². The Labute approximate surface area is 154 Å². The Hall–Kier alpha value is -2.69. The predicted molar refractivity (Wildman–Crippen MR) is 103 cm³/mol. The number of aryl methyl sites for hydroxylation is 1. The largest absolute Gasteiger partial charge is 0.486 e. The zero-order valence-electron chi connectivity index (χ0n) is 15.3. The fourth-order valence-corrected chi connectivity index (χ4v) is 2.92. The summed E-state index contributed by atoms with van der Waals surface area (Å²) in [5.41, 5.74) is 2.13. The lowest BCUT2D eigenvalue weighted by atomic mass is 10.1. The molecule has 2 N–H and O–H groups in total. The van der Waals surface area contributed by atoms with E-state index >= 15 is 0 Å². The fourth-order valence-electron chi connectivity index (χ4n) is 2.92. The van der Waals surface area contributed by atoms with Crippen LogP contribution in [0.1, 0.15) is 25.8 Å². The molecule has 1 aliphatic rings. The van der Waals surface area contributed by atoms with Gasteiger partial charge in [-0.2, -0.15) is 0 Å². The predicted octanol–water partition coefficient (Wildman–Crippen LogP) is 3.40. The van der Waals surface area contributed by atoms with Crippen LogP contribution in [0.5, 0.6) is 11.5 Å². The minimum absolute atomic E-state index is 0.0135. The monoisotopic (exact) mass is 354 g/mol. The van der Waals surface area contributed by atoms with Gasteiger partial charge in [0, 0.05) is 17.8 Å². The summed E-state index contributed by atoms with van der Waals surface area (Å²) in [6.07, 6.45) is 1.86. The second-order valence-corrected chi connectivity index (χ2v) is 6.66. The topological polar surface area (TPSA) is 59.6 Å². The van der Waals surface area contributed by atoms with Crippen LogP contribution >= 0.6 is 0 Å². The highest BCUT2D eigenvalue weighted by Gasteiger charge is 2.17. The lowest BCUT2D eigenvalue weighted by molar-refractivity contribution is -0.122. The van der Waals surface area contributed by atoms with E-state index in [2.05, 4.69) is 22.8 Å². The van der Waals surface area contributed by atoms with E-state index in [1.807, 2.05) is 50.2 Å². The Kier molecular flexibility index (Phi) is 6.00. The summed E-state index contributed by atoms with van der Waals surface area (Å²) in [5.74, 6) is 1.44. The van der Waals surface area contributed by atoms with E-state index < -0.39 is 0 Å². The maximum absolute atomic E-state index is 12.4. The Morgan fingerprint density at radius 3 is 2.54 bits per heavy atom. The molecule has 0 aliphatic carbocycles. The smallest absolute Gasteiger partial charge is 0.242 e. The first-order chi connectivity index (χ1) is 12.6. The number of hydrogen-bond donors (Lipinski definition) is 2. The van der Waals surface area contributed by atoms with E-state index in [-0.39, 0.29) is 18.0 Å². The lowest BCUT2D eigenvalue weighted by Crippen LogP contribution is -2.42. The van der Waals surface area contributed by atoms with E-state index in [1.165, 1.54) is 5.56 Å². The molecule has 5 nitrogen and oxygen atoms in total. The van der Waals surface area contributed by atoms with Crippen LogP contribution in [0.2, 0.25) is 0 Å². The zero-order chi connectivity index (χ0) is 18.4. The van der Waals surface area contributed by atoms with Crippen molar-refractivity contribution in [1.29, 1.82) is 0 Å². The first-order valence-electron chi connectivity index (χ1n) is 9.12. The highest BCUT2D eigenvalue weighted by Crippen LogP contribution is 2.32. The standard InChI is InChI=1S/C21H26N2O3/c1-15(8-9-17-6-4-3-5-7-17)22-21(24)16(2)23-18-10-11-19-20(14-18)26-13-12-25-19/h3-7,10-11,14-16,23H,8-9,12-13H2,1-2H3,(H,22,24)/t15-,16-/m0/s1. The van der Waals surface area contributed by atoms with E-state index in [0.717, 1.165) is 24.3 Å². The maximum atomic E-state index is 12.4. The molecule has 5 heteroatoms. The quantitative estimate of drug-likeness (QED) is 0.800. The van der Waals surface area contributed by atoms with Gasteiger partial charge in [-0.1, -0.05) is 30.3 Å². The van der Waals surface area contributed by atoms with E-state index in [9.17, 15) is 4.79 Å². The highest BCUT2D eigenvalue weighted by atomic mass is 16.6. The number of benzene rings is 2. The number of amides is 1. The summed E-state index contributed by atoms with van der Waals surface area (Å²) in [5, 5.41) is 6.30. The molecule has 0 spiro atoms. The average molecular weight is 354 g/mol. The summed E-state index contributed by atoms with van der Waals surface area (Å²) >= 11 is 0. The Morgan fingerprint density at radius 1 is 1.04 bits per heavy atom. The molecule has 0 unspecified atom stereocenters. The van der Waals surface area contributed by atoms with Crippen LogP contribution in [-0.4, -0.2) is 31.2 Å². The van der Waals surface area contributed by atoms with Crippen molar-refractivity contribution in [2.24, 2.45) is 0 Å². The third-order valence-electron chi connectivity index (χ3n) is 4.42. The van der Waals surface area contributed by atoms with Crippen molar-refractivity contribution in [3.05, 3.63) is 54.1 Å². The molecule has 2 aromatic rings. The molecule has 0 bridgehead atoms. The molecule has 0 aromatic heterocycles. The van der Waals surface area contributed by atoms with Gasteiger partial charge in [0.25, 0.3) is 0 Å². The molecule has 0 radical (unpaired) electrons. The van der Waals surface area contributed by atoms with Crippen molar-refractivity contribution < 1.29 is 14.3 Å². The van der Waals surface area contributed by atoms with Gasteiger partial charge in [0.1, 0.15) is 19.3 Å². The van der Waals surface area contributed by atoms with Gasteiger partial charge in [-0.3, -0.25) is 4.79 Å². The molecule has 138 valence electrons. The highest BCUT2D eigenvalue weighted by molar-refractivity contribution is 5.84. The van der Waals surface area contributed by atoms with Crippen molar-refractivity contribution in [3.63, 3.8) is 0 Å². The maximum Gasteiger partial charge on any atom is 0.242 e. The van der Waals surface area contributed by atoms with Crippen LogP contribution in [0, 0.1) is 0 Å². The van der Waals surface area contributed by atoms with Crippen LogP contribution in [0.3, 0.4) is 0 Å². The van der Waals surface area contributed by atoms with Crippen LogP contribution < -0.4 is 20.1 Å². The van der Waals surface area contributed by atoms with Gasteiger partial charge in [-0.05, 0) is 44.4 Å². The number of hydrogen-bond acceptors (Lipinski definition) is 4. The summed E-state index contributed by atoms with van der Waals surface area (Å²) in [6.45, 7) is 5.01. The molecular weight excluding hydrogens is 328 g/mol. The van der Waals surface area contributed by atoms with Crippen LogP contribution in [-0.2, 0) is 11.2 Å². The third-order valence-corrected chi connectivity index (χ3v) is 4.42. The number of rotatable bonds is 7. The van der Waals surface area contributed by atoms with E-state index in [0.29, 0.717) is 19.0 Å². The SMILES string of the molecule is C[C@H](Nc1ccc2c(c1)OCCO2)C(=O)N[C@@H](C)CCc1ccccc1. The summed E-state index contributed by atoms with van der Waals surface area (Å²) < 4.78 is 11.1.